The SMILES string of the molecule is Cc1cc(C)cc(N(c2ccccc2)c2cccc3c2c2cccc4c5c(-c6ccccc6)c6c(c(-c7ccccc7)c5n3c24)c2cccc3c4c(N(c5ccccc5)c5cc(C)ccc5C)cccc4n6c32)c1. The molecule has 4 heteroatoms. The third kappa shape index (κ3) is 5.97. The summed E-state index contributed by atoms with van der Waals surface area (Å²) in [4.78, 5) is 4.94. The van der Waals surface area contributed by atoms with E-state index in [0.717, 1.165) is 28.4 Å². The van der Waals surface area contributed by atoms with Gasteiger partial charge >= 0.3 is 0 Å². The van der Waals surface area contributed by atoms with Crippen LogP contribution >= 0.6 is 0 Å². The molecule has 15 aromatic rings. The quantitative estimate of drug-likeness (QED) is 0.151. The van der Waals surface area contributed by atoms with E-state index in [4.69, 9.17) is 0 Å². The molecule has 74 heavy (non-hydrogen) atoms. The van der Waals surface area contributed by atoms with E-state index in [1.807, 2.05) is 0 Å². The van der Waals surface area contributed by atoms with Crippen molar-refractivity contribution in [2.75, 3.05) is 9.80 Å². The lowest BCUT2D eigenvalue weighted by Gasteiger charge is -2.28. The lowest BCUT2D eigenvalue weighted by atomic mass is 9.89. The normalized spacial score (nSPS) is 12.1. The van der Waals surface area contributed by atoms with E-state index in [1.54, 1.807) is 0 Å². The fourth-order valence-corrected chi connectivity index (χ4v) is 12.9. The van der Waals surface area contributed by atoms with E-state index in [-0.39, 0.29) is 0 Å². The van der Waals surface area contributed by atoms with Gasteiger partial charge in [0.1, 0.15) is 0 Å². The van der Waals surface area contributed by atoms with Crippen LogP contribution in [0.3, 0.4) is 0 Å². The molecule has 0 saturated carbocycles. The fourth-order valence-electron chi connectivity index (χ4n) is 12.9. The topological polar surface area (TPSA) is 15.3 Å². The van der Waals surface area contributed by atoms with Gasteiger partial charge in [-0.2, -0.15) is 0 Å². The Bertz CT molecular complexity index is 4660. The van der Waals surface area contributed by atoms with Crippen LogP contribution in [0.15, 0.2) is 231 Å². The predicted octanol–water partition coefficient (Wildman–Crippen LogP) is 19.5. The predicted molar refractivity (Wildman–Crippen MR) is 315 cm³/mol. The molecule has 11 aromatic carbocycles. The maximum Gasteiger partial charge on any atom is 0.0634 e. The molecule has 4 heterocycles. The summed E-state index contributed by atoms with van der Waals surface area (Å²) in [5.74, 6) is 0. The second-order valence-corrected chi connectivity index (χ2v) is 20.3. The molecule has 0 amide bonds. The monoisotopic (exact) mass is 946 g/mol. The van der Waals surface area contributed by atoms with E-state index >= 15 is 0 Å². The highest BCUT2D eigenvalue weighted by Gasteiger charge is 2.32. The van der Waals surface area contributed by atoms with E-state index in [1.165, 1.54) is 126 Å². The Balaban J connectivity index is 1.14. The average molecular weight is 947 g/mol. The Labute approximate surface area is 429 Å². The highest BCUT2D eigenvalue weighted by molar-refractivity contribution is 6.39. The number of para-hydroxylation sites is 4. The lowest BCUT2D eigenvalue weighted by Crippen LogP contribution is -2.12. The Hall–Kier alpha value is -9.38. The molecule has 0 fully saturated rings. The number of aryl methyl sites for hydroxylation is 4. The van der Waals surface area contributed by atoms with Crippen LogP contribution in [-0.4, -0.2) is 8.80 Å². The van der Waals surface area contributed by atoms with Gasteiger partial charge < -0.3 is 18.6 Å². The summed E-state index contributed by atoms with van der Waals surface area (Å²) in [6.07, 6.45) is 0. The van der Waals surface area contributed by atoms with Crippen molar-refractivity contribution in [3.8, 4) is 22.3 Å². The van der Waals surface area contributed by atoms with Crippen LogP contribution in [0.1, 0.15) is 22.3 Å². The van der Waals surface area contributed by atoms with E-state index < -0.39 is 0 Å². The molecule has 15 rings (SSSR count). The van der Waals surface area contributed by atoms with Gasteiger partial charge in [0.05, 0.1) is 44.5 Å². The van der Waals surface area contributed by atoms with Crippen molar-refractivity contribution in [2.24, 2.45) is 0 Å². The van der Waals surface area contributed by atoms with Gasteiger partial charge in [-0.25, -0.2) is 0 Å². The number of aromatic nitrogens is 2. The van der Waals surface area contributed by atoms with Crippen LogP contribution in [-0.2, 0) is 0 Å². The molecule has 0 radical (unpaired) electrons. The number of benzene rings is 11. The molecule has 0 spiro atoms. The van der Waals surface area contributed by atoms with E-state index in [2.05, 4.69) is 277 Å². The van der Waals surface area contributed by atoms with Gasteiger partial charge in [0.15, 0.2) is 0 Å². The van der Waals surface area contributed by atoms with E-state index in [9.17, 15) is 0 Å². The second kappa shape index (κ2) is 16.1. The summed E-state index contributed by atoms with van der Waals surface area (Å²) in [6, 6.07) is 85.7. The zero-order chi connectivity index (χ0) is 49.3. The zero-order valence-electron chi connectivity index (χ0n) is 41.7. The van der Waals surface area contributed by atoms with Gasteiger partial charge in [0.2, 0.25) is 0 Å². The Morgan fingerprint density at radius 2 is 0.703 bits per heavy atom. The number of nitrogens with zero attached hydrogens (tertiary/aromatic N) is 4. The molecule has 0 bridgehead atoms. The second-order valence-electron chi connectivity index (χ2n) is 20.3. The van der Waals surface area contributed by atoms with Gasteiger partial charge in [-0.15, -0.1) is 0 Å². The number of hydrogen-bond donors (Lipinski definition) is 0. The van der Waals surface area contributed by atoms with Crippen molar-refractivity contribution in [2.45, 2.75) is 27.7 Å². The highest BCUT2D eigenvalue weighted by Crippen LogP contribution is 2.56. The zero-order valence-corrected chi connectivity index (χ0v) is 41.7. The summed E-state index contributed by atoms with van der Waals surface area (Å²) in [6.45, 7) is 8.82. The van der Waals surface area contributed by atoms with Gasteiger partial charge in [-0.3, -0.25) is 0 Å². The number of rotatable bonds is 8. The Kier molecular flexibility index (Phi) is 9.19. The van der Waals surface area contributed by atoms with Crippen LogP contribution in [0.4, 0.5) is 34.1 Å². The summed E-state index contributed by atoms with van der Waals surface area (Å²) >= 11 is 0. The molecular formula is C70H50N4. The Morgan fingerprint density at radius 1 is 0.284 bits per heavy atom. The Morgan fingerprint density at radius 3 is 1.19 bits per heavy atom. The van der Waals surface area contributed by atoms with Crippen molar-refractivity contribution in [3.05, 3.63) is 253 Å². The number of anilines is 6. The smallest absolute Gasteiger partial charge is 0.0634 e. The van der Waals surface area contributed by atoms with Crippen LogP contribution < -0.4 is 9.80 Å². The first-order chi connectivity index (χ1) is 36.4. The van der Waals surface area contributed by atoms with Crippen molar-refractivity contribution < 1.29 is 0 Å². The third-order valence-electron chi connectivity index (χ3n) is 15.7. The minimum absolute atomic E-state index is 1.12. The summed E-state index contributed by atoms with van der Waals surface area (Å²) in [5, 5.41) is 9.94. The number of hydrogen-bond acceptors (Lipinski definition) is 2. The standard InChI is InChI=1S/C70H50N4/c1-43-37-38-46(4)60(42-43)72(50-27-15-8-16-28-50)57-34-20-36-59-64(57)53-30-18-32-55-66-61(47-21-9-5-10-22-47)69-65(62(48-23-11-6-12-24-48)70(66)74(59)68(53)55)54-31-17-29-52-63-56(33-19-35-58(63)73(69)67(52)54)71(49-25-13-7-14-26-49)51-40-44(2)39-45(3)41-51/h5-42H,1-4H3. The summed E-state index contributed by atoms with van der Waals surface area (Å²) in [5.41, 5.74) is 24.0. The van der Waals surface area contributed by atoms with Gasteiger partial charge in [-0.05, 0) is 128 Å². The minimum Gasteiger partial charge on any atom is -0.310 e. The molecule has 0 unspecified atom stereocenters. The van der Waals surface area contributed by atoms with Crippen LogP contribution in [0.2, 0.25) is 0 Å². The molecule has 350 valence electrons. The molecule has 0 N–H and O–H groups in total. The fraction of sp³-hybridized carbons (Fsp3) is 0.0571. The number of fused-ring (bicyclic) bond motifs is 12. The van der Waals surface area contributed by atoms with Crippen LogP contribution in [0, 0.1) is 27.7 Å². The first kappa shape index (κ1) is 42.3. The maximum absolute atomic E-state index is 2.63. The van der Waals surface area contributed by atoms with Crippen molar-refractivity contribution >= 4 is 110 Å². The van der Waals surface area contributed by atoms with Gasteiger partial charge in [0, 0.05) is 77.0 Å². The molecule has 0 aliphatic rings. The molecule has 4 nitrogen and oxygen atoms in total. The van der Waals surface area contributed by atoms with Crippen LogP contribution in [0.5, 0.6) is 0 Å². The van der Waals surface area contributed by atoms with Gasteiger partial charge in [0.25, 0.3) is 0 Å². The van der Waals surface area contributed by atoms with Gasteiger partial charge in [-0.1, -0.05) is 164 Å². The molecule has 0 atom stereocenters. The van der Waals surface area contributed by atoms with E-state index in [0.29, 0.717) is 0 Å². The first-order valence-electron chi connectivity index (χ1n) is 25.8. The summed E-state index contributed by atoms with van der Waals surface area (Å²) < 4.78 is 5.26. The van der Waals surface area contributed by atoms with Crippen molar-refractivity contribution in [1.29, 1.82) is 0 Å². The lowest BCUT2D eigenvalue weighted by molar-refractivity contribution is 1.25. The molecule has 0 aliphatic heterocycles. The minimum atomic E-state index is 1.12. The molecule has 0 saturated heterocycles. The first-order valence-corrected chi connectivity index (χ1v) is 25.8. The average Bonchev–Trinajstić information content (AvgIpc) is 4.20. The summed E-state index contributed by atoms with van der Waals surface area (Å²) in [7, 11) is 0. The maximum atomic E-state index is 2.63. The molecular weight excluding hydrogens is 897 g/mol. The largest absolute Gasteiger partial charge is 0.310 e. The highest BCUT2D eigenvalue weighted by atomic mass is 15.2. The van der Waals surface area contributed by atoms with Crippen molar-refractivity contribution in [1.82, 2.24) is 8.80 Å². The van der Waals surface area contributed by atoms with Crippen LogP contribution in [0.25, 0.3) is 98.4 Å². The molecule has 0 aliphatic carbocycles. The molecule has 4 aromatic heterocycles. The third-order valence-corrected chi connectivity index (χ3v) is 15.7. The van der Waals surface area contributed by atoms with Crippen molar-refractivity contribution in [3.63, 3.8) is 0 Å².